The quantitative estimate of drug-likeness (QED) is 0.146. The van der Waals surface area contributed by atoms with Crippen molar-refractivity contribution in [3.63, 3.8) is 0 Å². The van der Waals surface area contributed by atoms with Crippen LogP contribution in [0.4, 0.5) is 0 Å². The first-order chi connectivity index (χ1) is 17.0. The van der Waals surface area contributed by atoms with Crippen LogP contribution in [0, 0.1) is 0 Å². The number of aliphatic hydroxyl groups is 6. The van der Waals surface area contributed by atoms with Crippen LogP contribution in [0.2, 0.25) is 0 Å². The molecule has 11 N–H and O–H groups in total. The molecule has 16 atom stereocenters. The standard InChI is InChI=1S/C20H37N3O13/c1-23-6-4-5(21)7(24)12(8(6)25)32-19-15-13(11(28)18(31-3)33-19)34-20(36-15)16(29)10(27)9(26)14(35-20)17(22)30-2/h5-19,23-29H,4,21-22H2,1-3H3/t5-,6-,7+,8+,9+,10+,11-,12+,13+,14-,15-,16+,17-,18-,19+,20-/m0/s1. The van der Waals surface area contributed by atoms with Gasteiger partial charge < -0.3 is 80.6 Å². The van der Waals surface area contributed by atoms with Crippen molar-refractivity contribution < 1.29 is 63.8 Å². The lowest BCUT2D eigenvalue weighted by atomic mass is 9.84. The first-order valence-corrected chi connectivity index (χ1v) is 11.7. The number of likely N-dealkylation sites (N-methyl/N-ethyl adjacent to an activating group) is 1. The molecule has 4 fully saturated rings. The number of nitrogens with one attached hydrogen (secondary N) is 1. The van der Waals surface area contributed by atoms with E-state index in [0.717, 1.165) is 0 Å². The maximum atomic E-state index is 10.8. The molecule has 16 heteroatoms. The molecule has 0 aromatic carbocycles. The highest BCUT2D eigenvalue weighted by Crippen LogP contribution is 2.45. The van der Waals surface area contributed by atoms with E-state index in [2.05, 4.69) is 5.32 Å². The molecule has 1 spiro atoms. The van der Waals surface area contributed by atoms with Crippen LogP contribution in [0.25, 0.3) is 0 Å². The van der Waals surface area contributed by atoms with Crippen molar-refractivity contribution in [2.75, 3.05) is 21.3 Å². The zero-order chi connectivity index (χ0) is 26.5. The minimum absolute atomic E-state index is 0.278. The molecule has 1 aliphatic carbocycles. The highest BCUT2D eigenvalue weighted by molar-refractivity contribution is 5.04. The average molecular weight is 528 g/mol. The van der Waals surface area contributed by atoms with Gasteiger partial charge in [-0.1, -0.05) is 0 Å². The minimum atomic E-state index is -2.42. The number of rotatable bonds is 6. The number of ether oxygens (including phenoxy) is 7. The van der Waals surface area contributed by atoms with Crippen LogP contribution >= 0.6 is 0 Å². The largest absolute Gasteiger partial charge is 0.389 e. The van der Waals surface area contributed by atoms with Crippen LogP contribution in [0.1, 0.15) is 6.42 Å². The second-order valence-electron chi connectivity index (χ2n) is 9.45. The Hall–Kier alpha value is -0.640. The first kappa shape index (κ1) is 28.4. The molecule has 0 unspecified atom stereocenters. The predicted octanol–water partition coefficient (Wildman–Crippen LogP) is -6.05. The van der Waals surface area contributed by atoms with Crippen molar-refractivity contribution in [2.45, 2.75) is 104 Å². The van der Waals surface area contributed by atoms with Gasteiger partial charge in [0.25, 0.3) is 0 Å². The van der Waals surface area contributed by atoms with Gasteiger partial charge in [-0.15, -0.1) is 0 Å². The van der Waals surface area contributed by atoms with E-state index < -0.39 is 97.9 Å². The summed E-state index contributed by atoms with van der Waals surface area (Å²) < 4.78 is 39.1. The summed E-state index contributed by atoms with van der Waals surface area (Å²) in [6.45, 7) is 0. The van der Waals surface area contributed by atoms with Crippen molar-refractivity contribution >= 4 is 0 Å². The molecule has 36 heavy (non-hydrogen) atoms. The number of hydrogen-bond acceptors (Lipinski definition) is 16. The Morgan fingerprint density at radius 3 is 2.17 bits per heavy atom. The smallest absolute Gasteiger partial charge is 0.314 e. The Balaban J connectivity index is 1.62. The number of aliphatic hydroxyl groups excluding tert-OH is 6. The highest BCUT2D eigenvalue weighted by atomic mass is 16.9. The molecule has 210 valence electrons. The Morgan fingerprint density at radius 2 is 1.56 bits per heavy atom. The molecule has 3 saturated heterocycles. The summed E-state index contributed by atoms with van der Waals surface area (Å²) in [5, 5.41) is 66.7. The number of methoxy groups -OCH3 is 2. The van der Waals surface area contributed by atoms with E-state index in [9.17, 15) is 30.6 Å². The molecule has 0 bridgehead atoms. The summed E-state index contributed by atoms with van der Waals surface area (Å²) in [6, 6.07) is -1.23. The Labute approximate surface area is 206 Å². The Kier molecular flexibility index (Phi) is 8.55. The van der Waals surface area contributed by atoms with E-state index in [1.807, 2.05) is 0 Å². The topological polar surface area (TPSA) is 250 Å². The lowest BCUT2D eigenvalue weighted by Gasteiger charge is -2.46. The van der Waals surface area contributed by atoms with Gasteiger partial charge in [-0.3, -0.25) is 0 Å². The van der Waals surface area contributed by atoms with Crippen molar-refractivity contribution in [2.24, 2.45) is 11.5 Å². The van der Waals surface area contributed by atoms with E-state index in [1.54, 1.807) is 7.05 Å². The molecule has 3 heterocycles. The molecule has 0 radical (unpaired) electrons. The second kappa shape index (κ2) is 10.9. The zero-order valence-electron chi connectivity index (χ0n) is 20.1. The van der Waals surface area contributed by atoms with Crippen LogP contribution in [0.3, 0.4) is 0 Å². The third-order valence-electron chi connectivity index (χ3n) is 7.29. The van der Waals surface area contributed by atoms with Crippen LogP contribution in [-0.4, -0.2) is 150 Å². The van der Waals surface area contributed by atoms with Gasteiger partial charge in [0.05, 0.1) is 12.2 Å². The fourth-order valence-electron chi connectivity index (χ4n) is 5.13. The summed E-state index contributed by atoms with van der Waals surface area (Å²) in [4.78, 5) is 0. The maximum Gasteiger partial charge on any atom is 0.314 e. The van der Waals surface area contributed by atoms with Crippen molar-refractivity contribution in [1.82, 2.24) is 5.32 Å². The van der Waals surface area contributed by atoms with Crippen LogP contribution in [0.5, 0.6) is 0 Å². The third kappa shape index (κ3) is 4.68. The summed E-state index contributed by atoms with van der Waals surface area (Å²) >= 11 is 0. The average Bonchev–Trinajstić information content (AvgIpc) is 3.27. The molecule has 16 nitrogen and oxygen atoms in total. The lowest BCUT2D eigenvalue weighted by Crippen LogP contribution is -2.68. The number of fused-ring (bicyclic) bond motifs is 1. The van der Waals surface area contributed by atoms with Crippen molar-refractivity contribution in [3.8, 4) is 0 Å². The fraction of sp³-hybridized carbons (Fsp3) is 1.00. The normalized spacial score (nSPS) is 54.4. The minimum Gasteiger partial charge on any atom is -0.389 e. The number of nitrogens with two attached hydrogens (primary N) is 2. The van der Waals surface area contributed by atoms with Crippen molar-refractivity contribution in [1.29, 1.82) is 0 Å². The first-order valence-electron chi connectivity index (χ1n) is 11.7. The van der Waals surface area contributed by atoms with E-state index in [-0.39, 0.29) is 6.42 Å². The van der Waals surface area contributed by atoms with Gasteiger partial charge in [0.15, 0.2) is 18.7 Å². The fourth-order valence-corrected chi connectivity index (χ4v) is 5.13. The van der Waals surface area contributed by atoms with Gasteiger partial charge in [0.1, 0.15) is 49.0 Å². The monoisotopic (exact) mass is 527 g/mol. The second-order valence-corrected chi connectivity index (χ2v) is 9.45. The molecule has 4 aliphatic rings. The zero-order valence-corrected chi connectivity index (χ0v) is 20.1. The molecule has 0 amide bonds. The molecule has 3 aliphatic heterocycles. The Morgan fingerprint density at radius 1 is 0.889 bits per heavy atom. The van der Waals surface area contributed by atoms with Crippen LogP contribution < -0.4 is 16.8 Å². The predicted molar refractivity (Wildman–Crippen MR) is 114 cm³/mol. The number of hydrogen-bond donors (Lipinski definition) is 9. The van der Waals surface area contributed by atoms with Gasteiger partial charge in [0, 0.05) is 26.3 Å². The summed E-state index contributed by atoms with van der Waals surface area (Å²) in [6.07, 6.45) is -18.4. The van der Waals surface area contributed by atoms with Crippen LogP contribution in [0.15, 0.2) is 0 Å². The molecule has 0 aromatic rings. The summed E-state index contributed by atoms with van der Waals surface area (Å²) in [5.74, 6) is -2.42. The van der Waals surface area contributed by atoms with E-state index in [4.69, 9.17) is 44.6 Å². The van der Waals surface area contributed by atoms with E-state index >= 15 is 0 Å². The molecule has 0 aromatic heterocycles. The molecular formula is C20H37N3O13. The lowest BCUT2D eigenvalue weighted by molar-refractivity contribution is -0.443. The van der Waals surface area contributed by atoms with Crippen LogP contribution in [-0.2, 0) is 33.2 Å². The third-order valence-corrected chi connectivity index (χ3v) is 7.29. The Bertz CT molecular complexity index is 756. The van der Waals surface area contributed by atoms with E-state index in [1.165, 1.54) is 14.2 Å². The highest BCUT2D eigenvalue weighted by Gasteiger charge is 2.67. The van der Waals surface area contributed by atoms with E-state index in [0.29, 0.717) is 0 Å². The van der Waals surface area contributed by atoms with Gasteiger partial charge in [-0.2, -0.15) is 0 Å². The molecular weight excluding hydrogens is 490 g/mol. The van der Waals surface area contributed by atoms with Gasteiger partial charge in [0.2, 0.25) is 0 Å². The SMILES string of the molecule is CN[C@H]1C[C@H](N)[C@@H](O)[C@@H](O[C@@H]2O[C@H](OC)[C@@H](O)[C@H]3O[C@]4(O[C@H]23)O[C@H]([C@@H](N)OC)[C@H](O)[C@@H](O)[C@H]4O)[C@@H]1O. The van der Waals surface area contributed by atoms with Gasteiger partial charge >= 0.3 is 5.97 Å². The maximum absolute atomic E-state index is 10.8. The molecule has 1 saturated carbocycles. The molecule has 4 rings (SSSR count). The summed E-state index contributed by atoms with van der Waals surface area (Å²) in [5.41, 5.74) is 11.9. The summed E-state index contributed by atoms with van der Waals surface area (Å²) in [7, 11) is 4.13. The van der Waals surface area contributed by atoms with Gasteiger partial charge in [-0.05, 0) is 13.5 Å². The van der Waals surface area contributed by atoms with Gasteiger partial charge in [-0.25, -0.2) is 0 Å². The van der Waals surface area contributed by atoms with Crippen molar-refractivity contribution in [3.05, 3.63) is 0 Å².